The molecule has 1 aliphatic rings. The van der Waals surface area contributed by atoms with Crippen LogP contribution in [0.5, 0.6) is 0 Å². The molecule has 0 aliphatic carbocycles. The molecule has 1 N–H and O–H groups in total. The van der Waals surface area contributed by atoms with E-state index < -0.39 is 0 Å². The monoisotopic (exact) mass is 454 g/mol. The fraction of sp³-hybridized carbons (Fsp3) is 0.231. The van der Waals surface area contributed by atoms with Crippen molar-refractivity contribution in [3.63, 3.8) is 0 Å². The summed E-state index contributed by atoms with van der Waals surface area (Å²) < 4.78 is 2.36. The molecule has 0 saturated carbocycles. The molecule has 1 fully saturated rings. The maximum atomic E-state index is 5.83. The van der Waals surface area contributed by atoms with Crippen molar-refractivity contribution in [2.45, 2.75) is 39.0 Å². The summed E-state index contributed by atoms with van der Waals surface area (Å²) in [5.74, 6) is 0. The van der Waals surface area contributed by atoms with Crippen molar-refractivity contribution in [1.29, 1.82) is 0 Å². The summed E-state index contributed by atoms with van der Waals surface area (Å²) in [4.78, 5) is 15.4. The number of thiocarbonyl (C=S) groups is 1. The summed E-state index contributed by atoms with van der Waals surface area (Å²) in [6, 6.07) is 16.5. The number of aromatic nitrogens is 4. The number of hydrogen-bond acceptors (Lipinski definition) is 4. The maximum Gasteiger partial charge on any atom is 0.170 e. The lowest BCUT2D eigenvalue weighted by atomic mass is 9.96. The summed E-state index contributed by atoms with van der Waals surface area (Å²) in [5.41, 5.74) is 7.05. The van der Waals surface area contributed by atoms with Crippen LogP contribution in [0, 0.1) is 13.8 Å². The van der Waals surface area contributed by atoms with E-state index >= 15 is 0 Å². The van der Waals surface area contributed by atoms with Gasteiger partial charge in [-0.25, -0.2) is 0 Å². The van der Waals surface area contributed by atoms with Crippen LogP contribution in [0.3, 0.4) is 0 Å². The predicted molar refractivity (Wildman–Crippen MR) is 132 cm³/mol. The minimum absolute atomic E-state index is 0.0185. The minimum Gasteiger partial charge on any atom is -0.352 e. The molecule has 2 unspecified atom stereocenters. The van der Waals surface area contributed by atoms with Crippen molar-refractivity contribution >= 4 is 17.3 Å². The lowest BCUT2D eigenvalue weighted by Crippen LogP contribution is -2.29. The van der Waals surface area contributed by atoms with Gasteiger partial charge in [0.2, 0.25) is 0 Å². The summed E-state index contributed by atoms with van der Waals surface area (Å²) in [7, 11) is 0. The van der Waals surface area contributed by atoms with Gasteiger partial charge in [-0.3, -0.25) is 15.0 Å². The average Bonchev–Trinajstić information content (AvgIpc) is 3.31. The van der Waals surface area contributed by atoms with Gasteiger partial charge in [0.05, 0.1) is 17.8 Å². The van der Waals surface area contributed by atoms with Crippen LogP contribution >= 0.6 is 12.2 Å². The lowest BCUT2D eigenvalue weighted by molar-refractivity contribution is 0.309. The molecule has 7 heteroatoms. The Morgan fingerprint density at radius 1 is 0.909 bits per heavy atom. The Kier molecular flexibility index (Phi) is 5.88. The Morgan fingerprint density at radius 3 is 2.48 bits per heavy atom. The molecule has 2 atom stereocenters. The van der Waals surface area contributed by atoms with Crippen molar-refractivity contribution in [3.05, 3.63) is 113 Å². The van der Waals surface area contributed by atoms with Gasteiger partial charge in [0.15, 0.2) is 5.11 Å². The SMILES string of the molecule is Cc1cc(C2C(c3ccccn3)NC(=S)N2Cc2cccnc2)c(C)n1Cc1ccncc1. The molecule has 166 valence electrons. The molecule has 0 radical (unpaired) electrons. The van der Waals surface area contributed by atoms with Crippen LogP contribution in [0.2, 0.25) is 0 Å². The molecule has 4 aromatic rings. The quantitative estimate of drug-likeness (QED) is 0.433. The van der Waals surface area contributed by atoms with Gasteiger partial charge in [0, 0.05) is 55.5 Å². The van der Waals surface area contributed by atoms with Crippen molar-refractivity contribution in [3.8, 4) is 0 Å². The van der Waals surface area contributed by atoms with Gasteiger partial charge in [-0.2, -0.15) is 0 Å². The minimum atomic E-state index is -0.0368. The molecule has 0 amide bonds. The largest absolute Gasteiger partial charge is 0.352 e. The first-order chi connectivity index (χ1) is 16.1. The Morgan fingerprint density at radius 2 is 1.76 bits per heavy atom. The highest BCUT2D eigenvalue weighted by Gasteiger charge is 2.41. The van der Waals surface area contributed by atoms with Crippen LogP contribution in [0.1, 0.15) is 45.9 Å². The zero-order chi connectivity index (χ0) is 22.8. The highest BCUT2D eigenvalue weighted by Crippen LogP contribution is 2.41. The van der Waals surface area contributed by atoms with Crippen LogP contribution in [0.15, 0.2) is 79.5 Å². The standard InChI is InChI=1S/C26H26N6S/c1-18-14-22(19(2)31(18)16-20-8-12-27-13-9-20)25-24(23-7-3-4-11-29-23)30-26(33)32(25)17-21-6-5-10-28-15-21/h3-15,24-25H,16-17H2,1-2H3,(H,30,33). The molecule has 0 spiro atoms. The Balaban J connectivity index is 1.56. The first kappa shape index (κ1) is 21.3. The predicted octanol–water partition coefficient (Wildman–Crippen LogP) is 4.51. The van der Waals surface area contributed by atoms with Crippen molar-refractivity contribution in [1.82, 2.24) is 29.7 Å². The van der Waals surface area contributed by atoms with Crippen LogP contribution < -0.4 is 5.32 Å². The molecule has 5 heterocycles. The molecule has 1 saturated heterocycles. The second kappa shape index (κ2) is 9.11. The highest BCUT2D eigenvalue weighted by atomic mass is 32.1. The van der Waals surface area contributed by atoms with E-state index in [4.69, 9.17) is 12.2 Å². The van der Waals surface area contributed by atoms with Gasteiger partial charge in [-0.1, -0.05) is 12.1 Å². The van der Waals surface area contributed by atoms with Crippen LogP contribution in [0.4, 0.5) is 0 Å². The number of rotatable bonds is 6. The Hall–Kier alpha value is -3.58. The molecule has 33 heavy (non-hydrogen) atoms. The smallest absolute Gasteiger partial charge is 0.170 e. The van der Waals surface area contributed by atoms with Crippen molar-refractivity contribution < 1.29 is 0 Å². The second-order valence-electron chi connectivity index (χ2n) is 8.38. The normalized spacial score (nSPS) is 17.9. The van der Waals surface area contributed by atoms with E-state index in [9.17, 15) is 0 Å². The first-order valence-electron chi connectivity index (χ1n) is 11.0. The van der Waals surface area contributed by atoms with Gasteiger partial charge in [0.25, 0.3) is 0 Å². The van der Waals surface area contributed by atoms with E-state index in [0.717, 1.165) is 22.9 Å². The molecule has 4 aromatic heterocycles. The van der Waals surface area contributed by atoms with Gasteiger partial charge < -0.3 is 14.8 Å². The topological polar surface area (TPSA) is 58.9 Å². The lowest BCUT2D eigenvalue weighted by Gasteiger charge is -2.28. The fourth-order valence-electron chi connectivity index (χ4n) is 4.64. The molecule has 5 rings (SSSR count). The van der Waals surface area contributed by atoms with E-state index in [2.05, 4.69) is 73.9 Å². The number of hydrogen-bond donors (Lipinski definition) is 1. The van der Waals surface area contributed by atoms with E-state index in [1.54, 1.807) is 6.20 Å². The molecular weight excluding hydrogens is 428 g/mol. The maximum absolute atomic E-state index is 5.83. The van der Waals surface area contributed by atoms with Crippen LogP contribution in [-0.4, -0.2) is 29.5 Å². The molecular formula is C26H26N6S. The van der Waals surface area contributed by atoms with Crippen LogP contribution in [-0.2, 0) is 13.1 Å². The third kappa shape index (κ3) is 4.24. The molecule has 0 bridgehead atoms. The number of nitrogens with one attached hydrogen (secondary N) is 1. The Labute approximate surface area is 199 Å². The molecule has 0 aromatic carbocycles. The fourth-order valence-corrected chi connectivity index (χ4v) is 4.95. The third-order valence-corrected chi connectivity index (χ3v) is 6.65. The van der Waals surface area contributed by atoms with Gasteiger partial charge in [0.1, 0.15) is 0 Å². The average molecular weight is 455 g/mol. The van der Waals surface area contributed by atoms with E-state index in [-0.39, 0.29) is 12.1 Å². The summed E-state index contributed by atoms with van der Waals surface area (Å²) >= 11 is 5.83. The van der Waals surface area contributed by atoms with Gasteiger partial charge in [-0.15, -0.1) is 0 Å². The number of pyridine rings is 3. The summed E-state index contributed by atoms with van der Waals surface area (Å²) in [5, 5.41) is 4.29. The van der Waals surface area contributed by atoms with Crippen molar-refractivity contribution in [2.75, 3.05) is 0 Å². The Bertz CT molecular complexity index is 1240. The van der Waals surface area contributed by atoms with Gasteiger partial charge >= 0.3 is 0 Å². The highest BCUT2D eigenvalue weighted by molar-refractivity contribution is 7.80. The zero-order valence-electron chi connectivity index (χ0n) is 18.7. The molecule has 6 nitrogen and oxygen atoms in total. The summed E-state index contributed by atoms with van der Waals surface area (Å²) in [6.07, 6.45) is 9.23. The number of aryl methyl sites for hydroxylation is 1. The van der Waals surface area contributed by atoms with Crippen molar-refractivity contribution in [2.24, 2.45) is 0 Å². The van der Waals surface area contributed by atoms with E-state index in [1.165, 1.54) is 22.5 Å². The molecule has 1 aliphatic heterocycles. The number of nitrogens with zero attached hydrogens (tertiary/aromatic N) is 5. The van der Waals surface area contributed by atoms with Crippen LogP contribution in [0.25, 0.3) is 0 Å². The zero-order valence-corrected chi connectivity index (χ0v) is 19.5. The van der Waals surface area contributed by atoms with E-state index in [1.807, 2.05) is 43.0 Å². The van der Waals surface area contributed by atoms with E-state index in [0.29, 0.717) is 6.54 Å². The second-order valence-corrected chi connectivity index (χ2v) is 8.77. The third-order valence-electron chi connectivity index (χ3n) is 6.29. The summed E-state index contributed by atoms with van der Waals surface area (Å²) in [6.45, 7) is 5.85. The first-order valence-corrected chi connectivity index (χ1v) is 11.4. The van der Waals surface area contributed by atoms with Gasteiger partial charge in [-0.05, 0) is 79.2 Å².